The molecule has 102 valence electrons. The molecule has 6 heteroatoms. The van der Waals surface area contributed by atoms with Crippen LogP contribution >= 0.6 is 15.9 Å². The molecule has 1 aromatic carbocycles. The number of rotatable bonds is 2. The van der Waals surface area contributed by atoms with Crippen molar-refractivity contribution in [3.63, 3.8) is 0 Å². The summed E-state index contributed by atoms with van der Waals surface area (Å²) >= 11 is 3.40. The molecule has 0 aliphatic rings. The van der Waals surface area contributed by atoms with Gasteiger partial charge in [0.1, 0.15) is 5.58 Å². The van der Waals surface area contributed by atoms with E-state index in [1.165, 1.54) is 0 Å². The predicted molar refractivity (Wildman–Crippen MR) is 79.9 cm³/mol. The lowest BCUT2D eigenvalue weighted by Crippen LogP contribution is -2.11. The molecule has 2 N–H and O–H groups in total. The average Bonchev–Trinajstić information content (AvgIpc) is 2.99. The van der Waals surface area contributed by atoms with Gasteiger partial charge in [0, 0.05) is 16.6 Å². The third-order valence-electron chi connectivity index (χ3n) is 3.20. The molecular weight excluding hydrogens is 322 g/mol. The number of carbonyl (C=O) groups is 1. The van der Waals surface area contributed by atoms with E-state index in [4.69, 9.17) is 4.42 Å². The van der Waals surface area contributed by atoms with Crippen molar-refractivity contribution in [1.29, 1.82) is 0 Å². The van der Waals surface area contributed by atoms with E-state index >= 15 is 0 Å². The van der Waals surface area contributed by atoms with Crippen molar-refractivity contribution < 1.29 is 9.21 Å². The van der Waals surface area contributed by atoms with Crippen LogP contribution in [-0.4, -0.2) is 16.1 Å². The lowest BCUT2D eigenvalue weighted by molar-refractivity contribution is 0.0998. The van der Waals surface area contributed by atoms with Gasteiger partial charge in [0.2, 0.25) is 0 Å². The van der Waals surface area contributed by atoms with Gasteiger partial charge < -0.3 is 9.73 Å². The van der Waals surface area contributed by atoms with Crippen molar-refractivity contribution in [2.75, 3.05) is 5.32 Å². The molecule has 0 aliphatic carbocycles. The Kier molecular flexibility index (Phi) is 3.10. The number of hydrogen-bond acceptors (Lipinski definition) is 3. The van der Waals surface area contributed by atoms with Crippen LogP contribution in [0.1, 0.15) is 21.8 Å². The zero-order valence-corrected chi connectivity index (χ0v) is 12.5. The van der Waals surface area contributed by atoms with Crippen molar-refractivity contribution in [1.82, 2.24) is 10.2 Å². The summed E-state index contributed by atoms with van der Waals surface area (Å²) in [5, 5.41) is 10.5. The molecule has 2 aromatic heterocycles. The van der Waals surface area contributed by atoms with Gasteiger partial charge in [-0.3, -0.25) is 9.89 Å². The first-order valence-corrected chi connectivity index (χ1v) is 6.86. The first-order valence-electron chi connectivity index (χ1n) is 6.07. The summed E-state index contributed by atoms with van der Waals surface area (Å²) < 4.78 is 6.40. The molecule has 2 heterocycles. The molecule has 3 aromatic rings. The molecular formula is C14H12BrN3O2. The van der Waals surface area contributed by atoms with Crippen LogP contribution in [0.25, 0.3) is 11.0 Å². The number of aryl methyl sites for hydroxylation is 1. The molecule has 0 radical (unpaired) electrons. The number of amides is 1. The molecule has 20 heavy (non-hydrogen) atoms. The molecule has 0 bridgehead atoms. The number of halogens is 1. The summed E-state index contributed by atoms with van der Waals surface area (Å²) in [7, 11) is 0. The zero-order valence-electron chi connectivity index (χ0n) is 11.0. The van der Waals surface area contributed by atoms with Crippen LogP contribution in [0, 0.1) is 13.8 Å². The third kappa shape index (κ3) is 2.12. The van der Waals surface area contributed by atoms with Crippen molar-refractivity contribution in [3.8, 4) is 0 Å². The lowest BCUT2D eigenvalue weighted by atomic mass is 10.2. The fourth-order valence-electron chi connectivity index (χ4n) is 1.92. The minimum absolute atomic E-state index is 0.256. The normalized spacial score (nSPS) is 10.9. The molecule has 5 nitrogen and oxygen atoms in total. The smallest absolute Gasteiger partial charge is 0.292 e. The monoisotopic (exact) mass is 333 g/mol. The predicted octanol–water partition coefficient (Wildman–Crippen LogP) is 3.79. The van der Waals surface area contributed by atoms with E-state index in [0.717, 1.165) is 21.1 Å². The number of benzene rings is 1. The molecule has 0 saturated heterocycles. The fourth-order valence-corrected chi connectivity index (χ4v) is 2.38. The Hall–Kier alpha value is -2.08. The lowest BCUT2D eigenvalue weighted by Gasteiger charge is -1.99. The molecule has 1 amide bonds. The van der Waals surface area contributed by atoms with Gasteiger partial charge in [0.05, 0.1) is 4.47 Å². The van der Waals surface area contributed by atoms with Gasteiger partial charge in [0.15, 0.2) is 11.6 Å². The molecule has 0 atom stereocenters. The van der Waals surface area contributed by atoms with Crippen LogP contribution in [0.3, 0.4) is 0 Å². The number of aromatic nitrogens is 2. The molecule has 0 aliphatic heterocycles. The van der Waals surface area contributed by atoms with Gasteiger partial charge in [-0.2, -0.15) is 5.10 Å². The fraction of sp³-hybridized carbons (Fsp3) is 0.143. The largest absolute Gasteiger partial charge is 0.450 e. The number of nitrogens with zero attached hydrogens (tertiary/aromatic N) is 1. The highest BCUT2D eigenvalue weighted by Crippen LogP contribution is 2.27. The quantitative estimate of drug-likeness (QED) is 0.749. The van der Waals surface area contributed by atoms with Crippen LogP contribution in [0.15, 0.2) is 33.2 Å². The Morgan fingerprint density at radius 3 is 2.85 bits per heavy atom. The Bertz CT molecular complexity index is 804. The minimum Gasteiger partial charge on any atom is -0.450 e. The highest BCUT2D eigenvalue weighted by atomic mass is 79.9. The Balaban J connectivity index is 1.93. The molecule has 0 unspecified atom stereocenters. The van der Waals surface area contributed by atoms with Crippen LogP contribution < -0.4 is 5.32 Å². The summed E-state index contributed by atoms with van der Waals surface area (Å²) in [6.45, 7) is 3.79. The van der Waals surface area contributed by atoms with Crippen molar-refractivity contribution >= 4 is 38.6 Å². The number of furan rings is 1. The number of anilines is 1. The number of fused-ring (bicyclic) bond motifs is 1. The number of para-hydroxylation sites is 1. The summed E-state index contributed by atoms with van der Waals surface area (Å²) in [4.78, 5) is 12.2. The number of aromatic amines is 1. The van der Waals surface area contributed by atoms with E-state index in [-0.39, 0.29) is 11.7 Å². The highest BCUT2D eigenvalue weighted by molar-refractivity contribution is 9.10. The Labute approximate surface area is 123 Å². The third-order valence-corrected chi connectivity index (χ3v) is 3.83. The first-order chi connectivity index (χ1) is 9.56. The summed E-state index contributed by atoms with van der Waals surface area (Å²) in [6.07, 6.45) is 0. The second kappa shape index (κ2) is 4.79. The van der Waals surface area contributed by atoms with E-state index in [1.807, 2.05) is 32.0 Å². The topological polar surface area (TPSA) is 70.9 Å². The van der Waals surface area contributed by atoms with E-state index < -0.39 is 0 Å². The SMILES string of the molecule is Cc1[nH]nc(NC(=O)c2cc3cccc(Br)c3o2)c1C. The van der Waals surface area contributed by atoms with Crippen LogP contribution in [0.2, 0.25) is 0 Å². The maximum Gasteiger partial charge on any atom is 0.292 e. The van der Waals surface area contributed by atoms with Crippen LogP contribution in [-0.2, 0) is 0 Å². The van der Waals surface area contributed by atoms with E-state index in [1.54, 1.807) is 6.07 Å². The number of hydrogen-bond donors (Lipinski definition) is 2. The van der Waals surface area contributed by atoms with Crippen molar-refractivity contribution in [2.24, 2.45) is 0 Å². The maximum absolute atomic E-state index is 12.2. The second-order valence-corrected chi connectivity index (χ2v) is 5.40. The standard InChI is InChI=1S/C14H12BrN3O2/c1-7-8(2)17-18-13(7)16-14(19)11-6-9-4-3-5-10(15)12(9)20-11/h3-6H,1-2H3,(H2,16,17,18,19). The average molecular weight is 334 g/mol. The minimum atomic E-state index is -0.317. The van der Waals surface area contributed by atoms with Crippen molar-refractivity contribution in [2.45, 2.75) is 13.8 Å². The Morgan fingerprint density at radius 2 is 2.20 bits per heavy atom. The summed E-state index contributed by atoms with van der Waals surface area (Å²) in [5.74, 6) is 0.460. The first kappa shape index (κ1) is 12.9. The molecule has 0 spiro atoms. The van der Waals surface area contributed by atoms with Crippen LogP contribution in [0.5, 0.6) is 0 Å². The van der Waals surface area contributed by atoms with Gasteiger partial charge in [-0.1, -0.05) is 12.1 Å². The second-order valence-electron chi connectivity index (χ2n) is 4.55. The van der Waals surface area contributed by atoms with E-state index in [0.29, 0.717) is 11.4 Å². The summed E-state index contributed by atoms with van der Waals surface area (Å²) in [6, 6.07) is 7.37. The van der Waals surface area contributed by atoms with Gasteiger partial charge in [-0.05, 0) is 41.9 Å². The maximum atomic E-state index is 12.2. The van der Waals surface area contributed by atoms with E-state index in [2.05, 4.69) is 31.4 Å². The number of H-pyrrole nitrogens is 1. The van der Waals surface area contributed by atoms with Crippen LogP contribution in [0.4, 0.5) is 5.82 Å². The molecule has 0 fully saturated rings. The van der Waals surface area contributed by atoms with Crippen molar-refractivity contribution in [3.05, 3.63) is 45.8 Å². The molecule has 0 saturated carbocycles. The Morgan fingerprint density at radius 1 is 1.40 bits per heavy atom. The zero-order chi connectivity index (χ0) is 14.3. The molecule has 3 rings (SSSR count). The number of carbonyl (C=O) groups excluding carboxylic acids is 1. The van der Waals surface area contributed by atoms with Gasteiger partial charge in [0.25, 0.3) is 5.91 Å². The highest BCUT2D eigenvalue weighted by Gasteiger charge is 2.16. The van der Waals surface area contributed by atoms with Gasteiger partial charge >= 0.3 is 0 Å². The number of nitrogens with one attached hydrogen (secondary N) is 2. The summed E-state index contributed by atoms with van der Waals surface area (Å²) in [5.41, 5.74) is 2.50. The van der Waals surface area contributed by atoms with Gasteiger partial charge in [-0.15, -0.1) is 0 Å². The van der Waals surface area contributed by atoms with E-state index in [9.17, 15) is 4.79 Å². The van der Waals surface area contributed by atoms with Gasteiger partial charge in [-0.25, -0.2) is 0 Å².